The Morgan fingerprint density at radius 3 is 2.43 bits per heavy atom. The van der Waals surface area contributed by atoms with Crippen molar-refractivity contribution in [1.82, 2.24) is 19.7 Å². The summed E-state index contributed by atoms with van der Waals surface area (Å²) in [5, 5.41) is 2.90. The van der Waals surface area contributed by atoms with Gasteiger partial charge in [-0.1, -0.05) is 0 Å². The molecule has 0 atom stereocenters. The fourth-order valence-electron chi connectivity index (χ4n) is 2.47. The molecule has 1 aliphatic rings. The quantitative estimate of drug-likeness (QED) is 0.893. The van der Waals surface area contributed by atoms with E-state index in [1.165, 1.54) is 0 Å². The molecule has 1 saturated heterocycles. The molecule has 1 aliphatic heterocycles. The van der Waals surface area contributed by atoms with Crippen molar-refractivity contribution in [3.8, 4) is 0 Å². The van der Waals surface area contributed by atoms with Crippen molar-refractivity contribution < 1.29 is 9.59 Å². The third kappa shape index (κ3) is 4.00. The molecule has 0 bridgehead atoms. The van der Waals surface area contributed by atoms with E-state index >= 15 is 0 Å². The highest BCUT2D eigenvalue weighted by atomic mass is 16.2. The maximum absolute atomic E-state index is 12.4. The molecule has 0 unspecified atom stereocenters. The smallest absolute Gasteiger partial charge is 0.317 e. The maximum atomic E-state index is 12.4. The van der Waals surface area contributed by atoms with E-state index in [4.69, 9.17) is 0 Å². The molecule has 2 rings (SSSR count). The number of carbonyl (C=O) groups is 2. The van der Waals surface area contributed by atoms with Crippen LogP contribution >= 0.6 is 0 Å². The number of carbonyl (C=O) groups excluding carboxylic acids is 2. The van der Waals surface area contributed by atoms with Gasteiger partial charge >= 0.3 is 6.03 Å². The summed E-state index contributed by atoms with van der Waals surface area (Å²) < 4.78 is 1.87. The highest BCUT2D eigenvalue weighted by Gasteiger charge is 2.23. The first-order chi connectivity index (χ1) is 9.97. The summed E-state index contributed by atoms with van der Waals surface area (Å²) >= 11 is 0. The van der Waals surface area contributed by atoms with E-state index in [0.717, 1.165) is 6.42 Å². The Balaban J connectivity index is 1.94. The molecular weight excluding hydrogens is 268 g/mol. The minimum Gasteiger partial charge on any atom is -0.356 e. The number of nitrogens with one attached hydrogen (secondary N) is 1. The second-order valence-corrected chi connectivity index (χ2v) is 5.80. The van der Waals surface area contributed by atoms with Gasteiger partial charge in [-0.15, -0.1) is 0 Å². The molecule has 0 saturated carbocycles. The van der Waals surface area contributed by atoms with Crippen molar-refractivity contribution in [1.29, 1.82) is 0 Å². The molecule has 6 nitrogen and oxygen atoms in total. The molecule has 0 spiro atoms. The van der Waals surface area contributed by atoms with Crippen LogP contribution in [-0.4, -0.2) is 58.5 Å². The normalized spacial score (nSPS) is 16.0. The first-order valence-electron chi connectivity index (χ1n) is 7.44. The van der Waals surface area contributed by atoms with Crippen LogP contribution in [0.2, 0.25) is 0 Å². The van der Waals surface area contributed by atoms with Gasteiger partial charge in [0, 0.05) is 51.7 Å². The van der Waals surface area contributed by atoms with Crippen LogP contribution in [0.3, 0.4) is 0 Å². The van der Waals surface area contributed by atoms with Crippen LogP contribution in [-0.2, 0) is 7.05 Å². The summed E-state index contributed by atoms with van der Waals surface area (Å²) in [6, 6.07) is 1.91. The molecule has 0 aliphatic carbocycles. The van der Waals surface area contributed by atoms with E-state index in [9.17, 15) is 9.59 Å². The van der Waals surface area contributed by atoms with E-state index in [-0.39, 0.29) is 18.0 Å². The van der Waals surface area contributed by atoms with Crippen LogP contribution in [0.5, 0.6) is 0 Å². The van der Waals surface area contributed by atoms with Crippen LogP contribution < -0.4 is 5.32 Å². The van der Waals surface area contributed by atoms with Gasteiger partial charge in [0.1, 0.15) is 0 Å². The number of aryl methyl sites for hydroxylation is 1. The highest BCUT2D eigenvalue weighted by molar-refractivity contribution is 5.94. The summed E-state index contributed by atoms with van der Waals surface area (Å²) in [7, 11) is 1.90. The summed E-state index contributed by atoms with van der Waals surface area (Å²) in [4.78, 5) is 28.1. The van der Waals surface area contributed by atoms with E-state index in [1.54, 1.807) is 4.90 Å². The van der Waals surface area contributed by atoms with Crippen LogP contribution in [0.4, 0.5) is 4.79 Å². The number of rotatable bonds is 2. The maximum Gasteiger partial charge on any atom is 0.317 e. The summed E-state index contributed by atoms with van der Waals surface area (Å²) in [5.74, 6) is 0.0433. The van der Waals surface area contributed by atoms with Gasteiger partial charge in [0.25, 0.3) is 5.91 Å². The Kier molecular flexibility index (Phi) is 4.88. The predicted octanol–water partition coefficient (Wildman–Crippen LogP) is 1.29. The third-order valence-electron chi connectivity index (χ3n) is 3.56. The predicted molar refractivity (Wildman–Crippen MR) is 81.2 cm³/mol. The van der Waals surface area contributed by atoms with Crippen LogP contribution in [0.1, 0.15) is 30.6 Å². The Morgan fingerprint density at radius 1 is 1.14 bits per heavy atom. The summed E-state index contributed by atoms with van der Waals surface area (Å²) in [6.45, 7) is 6.44. The molecule has 2 heterocycles. The number of urea groups is 1. The Morgan fingerprint density at radius 2 is 1.81 bits per heavy atom. The Labute approximate surface area is 125 Å². The number of hydrogen-bond donors (Lipinski definition) is 1. The molecule has 1 fully saturated rings. The molecule has 0 radical (unpaired) electrons. The van der Waals surface area contributed by atoms with Crippen molar-refractivity contribution in [2.24, 2.45) is 7.05 Å². The molecule has 116 valence electrons. The number of aromatic nitrogens is 1. The molecule has 6 heteroatoms. The first kappa shape index (κ1) is 15.4. The van der Waals surface area contributed by atoms with Crippen molar-refractivity contribution in [3.05, 3.63) is 24.0 Å². The van der Waals surface area contributed by atoms with Crippen LogP contribution in [0.25, 0.3) is 0 Å². The number of hydrogen-bond acceptors (Lipinski definition) is 2. The second kappa shape index (κ2) is 6.65. The third-order valence-corrected chi connectivity index (χ3v) is 3.56. The van der Waals surface area contributed by atoms with Gasteiger partial charge in [0.05, 0.1) is 5.56 Å². The average molecular weight is 292 g/mol. The standard InChI is InChI=1S/C15H24N4O2/c1-12(2)16-15(21)19-7-4-6-18(9-10-19)14(20)13-5-8-17(3)11-13/h5,8,11-12H,4,6-7,9-10H2,1-3H3,(H,16,21). The summed E-state index contributed by atoms with van der Waals surface area (Å²) in [5.41, 5.74) is 0.706. The molecule has 21 heavy (non-hydrogen) atoms. The monoisotopic (exact) mass is 292 g/mol. The van der Waals surface area contributed by atoms with Gasteiger partial charge in [-0.25, -0.2) is 4.79 Å². The Hall–Kier alpha value is -1.98. The number of nitrogens with zero attached hydrogens (tertiary/aromatic N) is 3. The molecular formula is C15H24N4O2. The second-order valence-electron chi connectivity index (χ2n) is 5.80. The van der Waals surface area contributed by atoms with E-state index < -0.39 is 0 Å². The van der Waals surface area contributed by atoms with Crippen molar-refractivity contribution >= 4 is 11.9 Å². The SMILES string of the molecule is CC(C)NC(=O)N1CCCN(C(=O)c2ccn(C)c2)CC1. The fraction of sp³-hybridized carbons (Fsp3) is 0.600. The van der Waals surface area contributed by atoms with Gasteiger partial charge in [-0.05, 0) is 26.3 Å². The van der Waals surface area contributed by atoms with Crippen molar-refractivity contribution in [2.75, 3.05) is 26.2 Å². The fourth-order valence-corrected chi connectivity index (χ4v) is 2.47. The van der Waals surface area contributed by atoms with Crippen molar-refractivity contribution in [2.45, 2.75) is 26.3 Å². The Bertz CT molecular complexity index is 510. The van der Waals surface area contributed by atoms with Gasteiger partial charge in [-0.3, -0.25) is 4.79 Å². The molecule has 1 aromatic rings. The molecule has 1 N–H and O–H groups in total. The molecule has 3 amide bonds. The van der Waals surface area contributed by atoms with Gasteiger partial charge in [0.15, 0.2) is 0 Å². The number of amides is 3. The zero-order valence-corrected chi connectivity index (χ0v) is 13.0. The zero-order chi connectivity index (χ0) is 15.4. The lowest BCUT2D eigenvalue weighted by Gasteiger charge is -2.23. The topological polar surface area (TPSA) is 57.6 Å². The van der Waals surface area contributed by atoms with Gasteiger partial charge in [-0.2, -0.15) is 0 Å². The highest BCUT2D eigenvalue weighted by Crippen LogP contribution is 2.10. The average Bonchev–Trinajstić information content (AvgIpc) is 2.71. The van der Waals surface area contributed by atoms with Gasteiger partial charge in [0.2, 0.25) is 0 Å². The van der Waals surface area contributed by atoms with Crippen LogP contribution in [0.15, 0.2) is 18.5 Å². The van der Waals surface area contributed by atoms with Crippen LogP contribution in [0, 0.1) is 0 Å². The largest absolute Gasteiger partial charge is 0.356 e. The minimum absolute atomic E-state index is 0.0426. The van der Waals surface area contributed by atoms with E-state index in [1.807, 2.05) is 48.8 Å². The van der Waals surface area contributed by atoms with Gasteiger partial charge < -0.3 is 19.7 Å². The molecule has 1 aromatic heterocycles. The lowest BCUT2D eigenvalue weighted by molar-refractivity contribution is 0.0762. The minimum atomic E-state index is -0.0426. The zero-order valence-electron chi connectivity index (χ0n) is 13.0. The van der Waals surface area contributed by atoms with E-state index in [0.29, 0.717) is 31.7 Å². The lowest BCUT2D eigenvalue weighted by Crippen LogP contribution is -2.44. The van der Waals surface area contributed by atoms with E-state index in [2.05, 4.69) is 5.32 Å². The van der Waals surface area contributed by atoms with Crippen molar-refractivity contribution in [3.63, 3.8) is 0 Å². The molecule has 0 aromatic carbocycles. The summed E-state index contributed by atoms with van der Waals surface area (Å²) in [6.07, 6.45) is 4.51. The first-order valence-corrected chi connectivity index (χ1v) is 7.44. The lowest BCUT2D eigenvalue weighted by atomic mass is 10.3.